The van der Waals surface area contributed by atoms with E-state index in [1.165, 1.54) is 30.3 Å². The first-order valence-corrected chi connectivity index (χ1v) is 6.50. The monoisotopic (exact) mass is 297 g/mol. The van der Waals surface area contributed by atoms with Gasteiger partial charge in [0, 0.05) is 18.0 Å². The Hall–Kier alpha value is -1.49. The van der Waals surface area contributed by atoms with E-state index in [4.69, 9.17) is 17.3 Å². The summed E-state index contributed by atoms with van der Waals surface area (Å²) in [5.41, 5.74) is 6.21. The third-order valence-corrected chi connectivity index (χ3v) is 3.50. The summed E-state index contributed by atoms with van der Waals surface area (Å²) in [7, 11) is 0. The van der Waals surface area contributed by atoms with Crippen LogP contribution < -0.4 is 5.73 Å². The molecule has 2 atom stereocenters. The Morgan fingerprint density at radius 2 is 1.85 bits per heavy atom. The van der Waals surface area contributed by atoms with Crippen molar-refractivity contribution in [1.82, 2.24) is 0 Å². The summed E-state index contributed by atoms with van der Waals surface area (Å²) >= 11 is 5.70. The maximum absolute atomic E-state index is 13.9. The topological polar surface area (TPSA) is 46.2 Å². The molecule has 0 saturated heterocycles. The first kappa shape index (κ1) is 14.9. The maximum Gasteiger partial charge on any atom is 0.147 e. The average Bonchev–Trinajstić information content (AvgIpc) is 2.42. The van der Waals surface area contributed by atoms with E-state index in [0.29, 0.717) is 5.56 Å². The van der Waals surface area contributed by atoms with Crippen LogP contribution in [0.5, 0.6) is 0 Å². The van der Waals surface area contributed by atoms with E-state index in [2.05, 4.69) is 0 Å². The highest BCUT2D eigenvalue weighted by atomic mass is 35.5. The predicted octanol–water partition coefficient (Wildman–Crippen LogP) is 3.39. The molecule has 0 radical (unpaired) electrons. The lowest BCUT2D eigenvalue weighted by Crippen LogP contribution is -2.21. The highest BCUT2D eigenvalue weighted by Crippen LogP contribution is 2.33. The Morgan fingerprint density at radius 3 is 2.50 bits per heavy atom. The summed E-state index contributed by atoms with van der Waals surface area (Å²) in [5, 5.41) is 10.3. The number of aliphatic hydroxyl groups is 1. The van der Waals surface area contributed by atoms with Gasteiger partial charge < -0.3 is 10.8 Å². The van der Waals surface area contributed by atoms with Crippen molar-refractivity contribution >= 4 is 11.6 Å². The number of hydrogen-bond donors (Lipinski definition) is 2. The fourth-order valence-electron chi connectivity index (χ4n) is 2.15. The zero-order chi connectivity index (χ0) is 14.7. The molecule has 0 fully saturated rings. The standard InChI is InChI=1S/C15H14ClF2NO/c16-13-6-2-5-11(14(13)18)15(20)12(8-19)9-3-1-4-10(17)7-9/h1-7,12,15,20H,8,19H2. The molecule has 0 amide bonds. The van der Waals surface area contributed by atoms with Gasteiger partial charge in [-0.2, -0.15) is 0 Å². The summed E-state index contributed by atoms with van der Waals surface area (Å²) < 4.78 is 27.2. The Kier molecular flexibility index (Phi) is 4.70. The summed E-state index contributed by atoms with van der Waals surface area (Å²) in [6.07, 6.45) is -1.19. The van der Waals surface area contributed by atoms with E-state index < -0.39 is 23.7 Å². The largest absolute Gasteiger partial charge is 0.388 e. The van der Waals surface area contributed by atoms with Crippen LogP contribution in [0, 0.1) is 11.6 Å². The lowest BCUT2D eigenvalue weighted by molar-refractivity contribution is 0.143. The molecule has 0 spiro atoms. The van der Waals surface area contributed by atoms with Crippen molar-refractivity contribution in [2.45, 2.75) is 12.0 Å². The van der Waals surface area contributed by atoms with Gasteiger partial charge in [0.25, 0.3) is 0 Å². The molecule has 2 rings (SSSR count). The molecule has 0 aromatic heterocycles. The minimum absolute atomic E-state index is 0.0522. The molecule has 2 aromatic carbocycles. The second-order valence-corrected chi connectivity index (χ2v) is 4.89. The Morgan fingerprint density at radius 1 is 1.15 bits per heavy atom. The van der Waals surface area contributed by atoms with Crippen LogP contribution in [0.1, 0.15) is 23.1 Å². The molecule has 0 aliphatic heterocycles. The van der Waals surface area contributed by atoms with E-state index in [-0.39, 0.29) is 17.1 Å². The van der Waals surface area contributed by atoms with Gasteiger partial charge in [-0.05, 0) is 23.8 Å². The molecule has 0 aliphatic rings. The van der Waals surface area contributed by atoms with Gasteiger partial charge in [-0.25, -0.2) is 8.78 Å². The van der Waals surface area contributed by atoms with Gasteiger partial charge in [0.2, 0.25) is 0 Å². The molecule has 2 nitrogen and oxygen atoms in total. The number of rotatable bonds is 4. The second kappa shape index (κ2) is 6.31. The van der Waals surface area contributed by atoms with Crippen molar-refractivity contribution in [1.29, 1.82) is 0 Å². The molecule has 2 aromatic rings. The van der Waals surface area contributed by atoms with Crippen LogP contribution in [0.2, 0.25) is 5.02 Å². The van der Waals surface area contributed by atoms with Crippen LogP contribution in [-0.4, -0.2) is 11.7 Å². The van der Waals surface area contributed by atoms with Crippen LogP contribution in [0.4, 0.5) is 8.78 Å². The van der Waals surface area contributed by atoms with Crippen LogP contribution in [0.15, 0.2) is 42.5 Å². The van der Waals surface area contributed by atoms with E-state index in [0.717, 1.165) is 0 Å². The van der Waals surface area contributed by atoms with Gasteiger partial charge in [-0.15, -0.1) is 0 Å². The summed E-state index contributed by atoms with van der Waals surface area (Å²) in [4.78, 5) is 0. The summed E-state index contributed by atoms with van der Waals surface area (Å²) in [6.45, 7) is 0.0522. The Labute approximate surface area is 120 Å². The molecule has 5 heteroatoms. The SMILES string of the molecule is NCC(c1cccc(F)c1)C(O)c1cccc(Cl)c1F. The predicted molar refractivity (Wildman–Crippen MR) is 74.6 cm³/mol. The fourth-order valence-corrected chi connectivity index (χ4v) is 2.33. The first-order valence-electron chi connectivity index (χ1n) is 6.12. The molecule has 0 heterocycles. The second-order valence-electron chi connectivity index (χ2n) is 4.49. The van der Waals surface area contributed by atoms with Gasteiger partial charge in [0.15, 0.2) is 0 Å². The highest BCUT2D eigenvalue weighted by Gasteiger charge is 2.25. The third kappa shape index (κ3) is 2.98. The number of nitrogens with two attached hydrogens (primary N) is 1. The van der Waals surface area contributed by atoms with E-state index in [1.807, 2.05) is 0 Å². The molecular weight excluding hydrogens is 284 g/mol. The normalized spacial score (nSPS) is 14.1. The number of aliphatic hydroxyl groups excluding tert-OH is 1. The van der Waals surface area contributed by atoms with Crippen molar-refractivity contribution in [2.24, 2.45) is 5.73 Å². The molecule has 106 valence electrons. The maximum atomic E-state index is 13.9. The number of benzene rings is 2. The van der Waals surface area contributed by atoms with Crippen molar-refractivity contribution < 1.29 is 13.9 Å². The first-order chi connectivity index (χ1) is 9.54. The van der Waals surface area contributed by atoms with Gasteiger partial charge in [-0.3, -0.25) is 0 Å². The average molecular weight is 298 g/mol. The molecule has 20 heavy (non-hydrogen) atoms. The van der Waals surface area contributed by atoms with Crippen molar-refractivity contribution in [3.63, 3.8) is 0 Å². The van der Waals surface area contributed by atoms with Crippen LogP contribution >= 0.6 is 11.6 Å². The quantitative estimate of drug-likeness (QED) is 0.908. The number of hydrogen-bond acceptors (Lipinski definition) is 2. The minimum atomic E-state index is -1.19. The number of halogens is 3. The van der Waals surface area contributed by atoms with Gasteiger partial charge >= 0.3 is 0 Å². The van der Waals surface area contributed by atoms with Gasteiger partial charge in [0.05, 0.1) is 11.1 Å². The smallest absolute Gasteiger partial charge is 0.147 e. The molecular formula is C15H14ClF2NO. The molecule has 2 unspecified atom stereocenters. The Balaban J connectivity index is 2.39. The fraction of sp³-hybridized carbons (Fsp3) is 0.200. The summed E-state index contributed by atoms with van der Waals surface area (Å²) in [5.74, 6) is -1.73. The lowest BCUT2D eigenvalue weighted by atomic mass is 9.89. The van der Waals surface area contributed by atoms with Crippen molar-refractivity contribution in [2.75, 3.05) is 6.54 Å². The van der Waals surface area contributed by atoms with E-state index in [9.17, 15) is 13.9 Å². The minimum Gasteiger partial charge on any atom is -0.388 e. The summed E-state index contributed by atoms with van der Waals surface area (Å²) in [6, 6.07) is 10.1. The third-order valence-electron chi connectivity index (χ3n) is 3.21. The van der Waals surface area contributed by atoms with E-state index >= 15 is 0 Å². The highest BCUT2D eigenvalue weighted by molar-refractivity contribution is 6.30. The van der Waals surface area contributed by atoms with Gasteiger partial charge in [-0.1, -0.05) is 35.9 Å². The molecule has 0 aliphatic carbocycles. The zero-order valence-corrected chi connectivity index (χ0v) is 11.3. The van der Waals surface area contributed by atoms with Crippen LogP contribution in [0.3, 0.4) is 0 Å². The van der Waals surface area contributed by atoms with Crippen molar-refractivity contribution in [3.8, 4) is 0 Å². The van der Waals surface area contributed by atoms with E-state index in [1.54, 1.807) is 12.1 Å². The Bertz CT molecular complexity index is 606. The molecule has 3 N–H and O–H groups in total. The van der Waals surface area contributed by atoms with Crippen LogP contribution in [0.25, 0.3) is 0 Å². The lowest BCUT2D eigenvalue weighted by Gasteiger charge is -2.23. The van der Waals surface area contributed by atoms with Crippen molar-refractivity contribution in [3.05, 3.63) is 70.2 Å². The van der Waals surface area contributed by atoms with Crippen LogP contribution in [-0.2, 0) is 0 Å². The molecule has 0 bridgehead atoms. The molecule has 0 saturated carbocycles. The zero-order valence-electron chi connectivity index (χ0n) is 10.6. The van der Waals surface area contributed by atoms with Gasteiger partial charge in [0.1, 0.15) is 11.6 Å².